The molecule has 2 aromatic carbocycles. The molecule has 0 N–H and O–H groups in total. The molecular weight excluding hydrogens is 260 g/mol. The number of rotatable bonds is 4. The topological polar surface area (TPSA) is 47.5 Å². The van der Waals surface area contributed by atoms with Crippen LogP contribution in [0.1, 0.15) is 5.56 Å². The van der Waals surface area contributed by atoms with Gasteiger partial charge in [-0.3, -0.25) is 10.1 Å². The van der Waals surface area contributed by atoms with E-state index in [1.165, 1.54) is 23.9 Å². The van der Waals surface area contributed by atoms with Gasteiger partial charge in [-0.25, -0.2) is 4.85 Å². The highest BCUT2D eigenvalue weighted by molar-refractivity contribution is 7.98. The summed E-state index contributed by atoms with van der Waals surface area (Å²) in [4.78, 5) is 14.3. The van der Waals surface area contributed by atoms with Crippen LogP contribution in [0.3, 0.4) is 0 Å². The zero-order valence-electron chi connectivity index (χ0n) is 9.95. The fraction of sp³-hybridized carbons (Fsp3) is 0.0714. The first-order valence-corrected chi connectivity index (χ1v) is 6.52. The molecular formula is C14H10N2O2S. The molecule has 4 nitrogen and oxygen atoms in total. The van der Waals surface area contributed by atoms with Gasteiger partial charge in [0.15, 0.2) is 0 Å². The Bertz CT molecular complexity index is 636. The molecule has 0 unspecified atom stereocenters. The van der Waals surface area contributed by atoms with Crippen LogP contribution in [0.4, 0.5) is 11.4 Å². The van der Waals surface area contributed by atoms with Gasteiger partial charge < -0.3 is 0 Å². The SMILES string of the molecule is [C-]#[N+]c1cc([N+](=O)[O-])ccc1SCc1ccccc1. The van der Waals surface area contributed by atoms with Crippen LogP contribution in [0, 0.1) is 16.7 Å². The van der Waals surface area contributed by atoms with Crippen LogP contribution in [0.5, 0.6) is 0 Å². The summed E-state index contributed by atoms with van der Waals surface area (Å²) in [5.74, 6) is 0.737. The molecule has 0 spiro atoms. The van der Waals surface area contributed by atoms with E-state index in [2.05, 4.69) is 4.85 Å². The van der Waals surface area contributed by atoms with E-state index in [4.69, 9.17) is 6.57 Å². The average molecular weight is 270 g/mol. The number of non-ortho nitro benzene ring substituents is 1. The predicted octanol–water partition coefficient (Wildman–Crippen LogP) is 4.44. The Labute approximate surface area is 115 Å². The van der Waals surface area contributed by atoms with Crippen LogP contribution >= 0.6 is 11.8 Å². The second kappa shape index (κ2) is 6.03. The van der Waals surface area contributed by atoms with Crippen molar-refractivity contribution >= 4 is 23.1 Å². The summed E-state index contributed by atoms with van der Waals surface area (Å²) in [5.41, 5.74) is 1.44. The van der Waals surface area contributed by atoms with E-state index < -0.39 is 4.92 Å². The van der Waals surface area contributed by atoms with Crippen LogP contribution < -0.4 is 0 Å². The summed E-state index contributed by atoms with van der Waals surface area (Å²) in [6, 6.07) is 14.3. The van der Waals surface area contributed by atoms with E-state index in [0.717, 1.165) is 16.2 Å². The Morgan fingerprint density at radius 1 is 1.21 bits per heavy atom. The first-order chi connectivity index (χ1) is 9.20. The van der Waals surface area contributed by atoms with Crippen LogP contribution in [0.15, 0.2) is 53.4 Å². The summed E-state index contributed by atoms with van der Waals surface area (Å²) < 4.78 is 0. The van der Waals surface area contributed by atoms with E-state index >= 15 is 0 Å². The first-order valence-electron chi connectivity index (χ1n) is 5.53. The fourth-order valence-electron chi connectivity index (χ4n) is 1.56. The fourth-order valence-corrected chi connectivity index (χ4v) is 2.50. The lowest BCUT2D eigenvalue weighted by atomic mass is 10.2. The molecule has 0 aliphatic rings. The summed E-state index contributed by atoms with van der Waals surface area (Å²) in [6.07, 6.45) is 0. The Kier molecular flexibility index (Phi) is 4.16. The molecule has 2 rings (SSSR count). The van der Waals surface area contributed by atoms with Crippen molar-refractivity contribution < 1.29 is 4.92 Å². The molecule has 0 fully saturated rings. The minimum absolute atomic E-state index is 0.0462. The predicted molar refractivity (Wildman–Crippen MR) is 75.4 cm³/mol. The van der Waals surface area contributed by atoms with Crippen molar-refractivity contribution in [3.05, 3.63) is 75.6 Å². The molecule has 94 valence electrons. The maximum Gasteiger partial charge on any atom is 0.259 e. The molecule has 0 heterocycles. The van der Waals surface area contributed by atoms with E-state index in [0.29, 0.717) is 5.69 Å². The van der Waals surface area contributed by atoms with E-state index in [-0.39, 0.29) is 5.69 Å². The van der Waals surface area contributed by atoms with Crippen LogP contribution in [0.25, 0.3) is 4.85 Å². The molecule has 5 heteroatoms. The van der Waals surface area contributed by atoms with Crippen molar-refractivity contribution in [2.24, 2.45) is 0 Å². The van der Waals surface area contributed by atoms with Crippen molar-refractivity contribution in [1.29, 1.82) is 0 Å². The standard InChI is InChI=1S/C14H10N2O2S/c1-15-13-9-12(16(17)18)7-8-14(13)19-10-11-5-3-2-4-6-11/h2-9H,10H2. The Balaban J connectivity index is 2.17. The molecule has 0 aromatic heterocycles. The lowest BCUT2D eigenvalue weighted by Gasteiger charge is -2.04. The van der Waals surface area contributed by atoms with E-state index in [1.807, 2.05) is 30.3 Å². The van der Waals surface area contributed by atoms with Crippen LogP contribution in [-0.2, 0) is 5.75 Å². The van der Waals surface area contributed by atoms with E-state index in [1.54, 1.807) is 6.07 Å². The van der Waals surface area contributed by atoms with Crippen LogP contribution in [-0.4, -0.2) is 4.92 Å². The van der Waals surface area contributed by atoms with Gasteiger partial charge in [-0.15, -0.1) is 11.8 Å². The monoisotopic (exact) mass is 270 g/mol. The smallest absolute Gasteiger partial charge is 0.258 e. The Morgan fingerprint density at radius 2 is 1.95 bits per heavy atom. The van der Waals surface area contributed by atoms with Gasteiger partial charge in [-0.2, -0.15) is 0 Å². The molecule has 0 radical (unpaired) electrons. The molecule has 0 aliphatic heterocycles. The third-order valence-corrected chi connectivity index (χ3v) is 3.64. The van der Waals surface area contributed by atoms with Gasteiger partial charge in [-0.1, -0.05) is 36.4 Å². The normalized spacial score (nSPS) is 9.84. The minimum Gasteiger partial charge on any atom is -0.258 e. The van der Waals surface area contributed by atoms with Crippen molar-refractivity contribution in [2.75, 3.05) is 0 Å². The van der Waals surface area contributed by atoms with Crippen molar-refractivity contribution in [3.63, 3.8) is 0 Å². The number of nitrogens with zero attached hydrogens (tertiary/aromatic N) is 2. The highest BCUT2D eigenvalue weighted by atomic mass is 32.2. The first kappa shape index (κ1) is 13.1. The summed E-state index contributed by atoms with van der Waals surface area (Å²) in [7, 11) is 0. The van der Waals surface area contributed by atoms with Gasteiger partial charge in [0.1, 0.15) is 0 Å². The van der Waals surface area contributed by atoms with Gasteiger partial charge in [0.25, 0.3) is 5.69 Å². The maximum absolute atomic E-state index is 10.7. The Hall–Kier alpha value is -2.32. The second-order valence-corrected chi connectivity index (χ2v) is 4.81. The number of hydrogen-bond acceptors (Lipinski definition) is 3. The van der Waals surface area contributed by atoms with Gasteiger partial charge in [0.05, 0.1) is 11.5 Å². The summed E-state index contributed by atoms with van der Waals surface area (Å²) in [6.45, 7) is 7.09. The molecule has 2 aromatic rings. The van der Waals surface area contributed by atoms with Crippen molar-refractivity contribution in [2.45, 2.75) is 10.6 Å². The summed E-state index contributed by atoms with van der Waals surface area (Å²) in [5, 5.41) is 10.7. The molecule has 0 bridgehead atoms. The minimum atomic E-state index is -0.486. The van der Waals surface area contributed by atoms with Crippen LogP contribution in [0.2, 0.25) is 0 Å². The van der Waals surface area contributed by atoms with E-state index in [9.17, 15) is 10.1 Å². The lowest BCUT2D eigenvalue weighted by molar-refractivity contribution is -0.384. The third-order valence-electron chi connectivity index (χ3n) is 2.51. The van der Waals surface area contributed by atoms with Gasteiger partial charge in [0.2, 0.25) is 5.69 Å². The summed E-state index contributed by atoms with van der Waals surface area (Å²) >= 11 is 1.51. The number of nitro groups is 1. The van der Waals surface area contributed by atoms with Gasteiger partial charge >= 0.3 is 0 Å². The second-order valence-electron chi connectivity index (χ2n) is 3.80. The van der Waals surface area contributed by atoms with Crippen molar-refractivity contribution in [1.82, 2.24) is 0 Å². The maximum atomic E-state index is 10.7. The molecule has 0 amide bonds. The number of nitro benzene ring substituents is 1. The zero-order chi connectivity index (χ0) is 13.7. The highest BCUT2D eigenvalue weighted by Gasteiger charge is 2.11. The van der Waals surface area contributed by atoms with Crippen molar-refractivity contribution in [3.8, 4) is 0 Å². The third kappa shape index (κ3) is 3.33. The molecule has 0 saturated carbocycles. The molecule has 19 heavy (non-hydrogen) atoms. The quantitative estimate of drug-likeness (QED) is 0.357. The lowest BCUT2D eigenvalue weighted by Crippen LogP contribution is -1.87. The molecule has 0 atom stereocenters. The van der Waals surface area contributed by atoms with Gasteiger partial charge in [0, 0.05) is 22.8 Å². The number of hydrogen-bond donors (Lipinski definition) is 0. The average Bonchev–Trinajstić information content (AvgIpc) is 2.45. The Morgan fingerprint density at radius 3 is 2.58 bits per heavy atom. The molecule has 0 saturated heterocycles. The van der Waals surface area contributed by atoms with Gasteiger partial charge in [-0.05, 0) is 5.56 Å². The molecule has 0 aliphatic carbocycles. The largest absolute Gasteiger partial charge is 0.259 e. The zero-order valence-corrected chi connectivity index (χ0v) is 10.8. The number of benzene rings is 2. The number of thioether (sulfide) groups is 1. The highest BCUT2D eigenvalue weighted by Crippen LogP contribution is 2.34.